The molecule has 2 aromatic carbocycles. The molecule has 0 spiro atoms. The predicted octanol–water partition coefficient (Wildman–Crippen LogP) is 4.43. The fraction of sp³-hybridized carbons (Fsp3) is 0.316. The molecule has 2 unspecified atom stereocenters. The van der Waals surface area contributed by atoms with E-state index in [4.69, 9.17) is 21.1 Å². The quantitative estimate of drug-likeness (QED) is 0.864. The molecule has 2 atom stereocenters. The Labute approximate surface area is 151 Å². The Morgan fingerprint density at radius 1 is 1.36 bits per heavy atom. The van der Waals surface area contributed by atoms with Crippen LogP contribution in [0.5, 0.6) is 11.5 Å². The number of halogens is 1. The summed E-state index contributed by atoms with van der Waals surface area (Å²) in [6, 6.07) is 11.0. The third-order valence-electron chi connectivity index (χ3n) is 4.90. The van der Waals surface area contributed by atoms with Crippen molar-refractivity contribution >= 4 is 23.3 Å². The van der Waals surface area contributed by atoms with Crippen molar-refractivity contribution in [2.45, 2.75) is 32.0 Å². The molecular formula is C19H19ClN2O3. The average molecular weight is 359 g/mol. The van der Waals surface area contributed by atoms with E-state index in [9.17, 15) is 4.79 Å². The first kappa shape index (κ1) is 16.1. The van der Waals surface area contributed by atoms with Crippen molar-refractivity contribution in [3.05, 3.63) is 52.5 Å². The van der Waals surface area contributed by atoms with E-state index in [2.05, 4.69) is 5.32 Å². The smallest absolute Gasteiger partial charge is 0.325 e. The first-order valence-corrected chi connectivity index (χ1v) is 8.53. The van der Waals surface area contributed by atoms with E-state index in [-0.39, 0.29) is 12.1 Å². The van der Waals surface area contributed by atoms with E-state index in [1.165, 1.54) is 0 Å². The zero-order chi connectivity index (χ0) is 17.8. The number of amides is 2. The first-order valence-electron chi connectivity index (χ1n) is 8.16. The van der Waals surface area contributed by atoms with Gasteiger partial charge in [0, 0.05) is 17.0 Å². The Balaban J connectivity index is 1.82. The number of carbonyl (C=O) groups excluding carboxylic acids is 1. The molecule has 1 N–H and O–H groups in total. The number of hydrogen-bond acceptors (Lipinski definition) is 3. The summed E-state index contributed by atoms with van der Waals surface area (Å²) < 4.78 is 11.8. The molecule has 2 heterocycles. The van der Waals surface area contributed by atoms with Gasteiger partial charge in [-0.05, 0) is 37.6 Å². The molecule has 2 bridgehead atoms. The Morgan fingerprint density at radius 3 is 2.88 bits per heavy atom. The molecule has 2 aromatic rings. The second-order valence-electron chi connectivity index (χ2n) is 6.63. The van der Waals surface area contributed by atoms with Gasteiger partial charge in [0.15, 0.2) is 17.2 Å². The molecule has 25 heavy (non-hydrogen) atoms. The van der Waals surface area contributed by atoms with Crippen molar-refractivity contribution < 1.29 is 14.3 Å². The number of rotatable bonds is 2. The molecule has 4 rings (SSSR count). The lowest BCUT2D eigenvalue weighted by molar-refractivity contribution is 0.0349. The SMILES string of the molecule is COc1cccc2c1OC1(C)CC2NC(=O)N1c1ccc(C)c(Cl)c1. The van der Waals surface area contributed by atoms with Gasteiger partial charge >= 0.3 is 6.03 Å². The zero-order valence-corrected chi connectivity index (χ0v) is 15.1. The van der Waals surface area contributed by atoms with E-state index >= 15 is 0 Å². The molecule has 1 fully saturated rings. The lowest BCUT2D eigenvalue weighted by atomic mass is 9.90. The third kappa shape index (κ3) is 2.42. The van der Waals surface area contributed by atoms with Crippen LogP contribution in [0, 0.1) is 6.92 Å². The van der Waals surface area contributed by atoms with Crippen molar-refractivity contribution in [2.24, 2.45) is 0 Å². The highest BCUT2D eigenvalue weighted by Gasteiger charge is 2.50. The number of para-hydroxylation sites is 1. The summed E-state index contributed by atoms with van der Waals surface area (Å²) in [5.41, 5.74) is 1.77. The van der Waals surface area contributed by atoms with Crippen LogP contribution in [0.15, 0.2) is 36.4 Å². The topological polar surface area (TPSA) is 50.8 Å². The van der Waals surface area contributed by atoms with Gasteiger partial charge in [-0.3, -0.25) is 4.90 Å². The highest BCUT2D eigenvalue weighted by atomic mass is 35.5. The average Bonchev–Trinajstić information content (AvgIpc) is 2.57. The summed E-state index contributed by atoms with van der Waals surface area (Å²) in [5.74, 6) is 1.33. The van der Waals surface area contributed by atoms with Crippen molar-refractivity contribution in [3.63, 3.8) is 0 Å². The number of anilines is 1. The van der Waals surface area contributed by atoms with Gasteiger partial charge in [0.2, 0.25) is 0 Å². The third-order valence-corrected chi connectivity index (χ3v) is 5.30. The van der Waals surface area contributed by atoms with Crippen LogP contribution in [0.2, 0.25) is 5.02 Å². The van der Waals surface area contributed by atoms with Crippen LogP contribution in [0.25, 0.3) is 0 Å². The lowest BCUT2D eigenvalue weighted by Crippen LogP contribution is -2.65. The molecule has 0 radical (unpaired) electrons. The van der Waals surface area contributed by atoms with E-state index in [0.717, 1.165) is 11.1 Å². The first-order chi connectivity index (χ1) is 11.9. The summed E-state index contributed by atoms with van der Waals surface area (Å²) >= 11 is 6.27. The second-order valence-corrected chi connectivity index (χ2v) is 7.04. The van der Waals surface area contributed by atoms with Crippen LogP contribution in [-0.4, -0.2) is 18.9 Å². The molecule has 1 saturated heterocycles. The number of methoxy groups -OCH3 is 1. The summed E-state index contributed by atoms with van der Waals surface area (Å²) in [7, 11) is 1.61. The zero-order valence-electron chi connectivity index (χ0n) is 14.3. The Hall–Kier alpha value is -2.40. The number of fused-ring (bicyclic) bond motifs is 4. The van der Waals surface area contributed by atoms with Crippen LogP contribution in [0.4, 0.5) is 10.5 Å². The van der Waals surface area contributed by atoms with E-state index < -0.39 is 5.72 Å². The summed E-state index contributed by atoms with van der Waals surface area (Å²) in [6.07, 6.45) is 0.629. The molecular weight excluding hydrogens is 340 g/mol. The van der Waals surface area contributed by atoms with Gasteiger partial charge in [-0.1, -0.05) is 29.8 Å². The molecule has 0 aliphatic carbocycles. The molecule has 6 heteroatoms. The predicted molar refractivity (Wildman–Crippen MR) is 96.6 cm³/mol. The van der Waals surface area contributed by atoms with Crippen LogP contribution >= 0.6 is 11.6 Å². The maximum absolute atomic E-state index is 12.8. The number of carbonyl (C=O) groups is 1. The molecule has 5 nitrogen and oxygen atoms in total. The van der Waals surface area contributed by atoms with E-state index in [0.29, 0.717) is 28.6 Å². The minimum atomic E-state index is -0.826. The van der Waals surface area contributed by atoms with Crippen LogP contribution in [0.3, 0.4) is 0 Å². The summed E-state index contributed by atoms with van der Waals surface area (Å²) in [5, 5.41) is 3.69. The van der Waals surface area contributed by atoms with Gasteiger partial charge in [0.25, 0.3) is 0 Å². The van der Waals surface area contributed by atoms with Gasteiger partial charge in [-0.15, -0.1) is 0 Å². The molecule has 0 aromatic heterocycles. The maximum atomic E-state index is 12.8. The van der Waals surface area contributed by atoms with Gasteiger partial charge in [-0.25, -0.2) is 4.79 Å². The number of benzene rings is 2. The number of urea groups is 1. The van der Waals surface area contributed by atoms with Gasteiger partial charge in [0.1, 0.15) is 0 Å². The van der Waals surface area contributed by atoms with Crippen molar-refractivity contribution in [1.82, 2.24) is 5.32 Å². The highest BCUT2D eigenvalue weighted by molar-refractivity contribution is 6.31. The van der Waals surface area contributed by atoms with Crippen molar-refractivity contribution in [3.8, 4) is 11.5 Å². The number of nitrogens with zero attached hydrogens (tertiary/aromatic N) is 1. The Bertz CT molecular complexity index is 870. The van der Waals surface area contributed by atoms with Crippen molar-refractivity contribution in [2.75, 3.05) is 12.0 Å². The maximum Gasteiger partial charge on any atom is 0.325 e. The summed E-state index contributed by atoms with van der Waals surface area (Å²) in [4.78, 5) is 14.5. The number of aryl methyl sites for hydroxylation is 1. The Morgan fingerprint density at radius 2 is 2.16 bits per heavy atom. The standard InChI is InChI=1S/C19H19ClN2O3/c1-11-7-8-12(9-14(11)20)22-18(23)21-15-10-19(22,2)25-17-13(15)5-4-6-16(17)24-3/h4-9,15H,10H2,1-3H3,(H,21,23). The minimum Gasteiger partial charge on any atom is -0.493 e. The number of nitrogens with one attached hydrogen (secondary N) is 1. The van der Waals surface area contributed by atoms with Gasteiger partial charge in [-0.2, -0.15) is 0 Å². The highest BCUT2D eigenvalue weighted by Crippen LogP contribution is 2.49. The number of hydrogen-bond donors (Lipinski definition) is 1. The van der Waals surface area contributed by atoms with Crippen LogP contribution in [0.1, 0.15) is 30.5 Å². The monoisotopic (exact) mass is 358 g/mol. The van der Waals surface area contributed by atoms with Gasteiger partial charge in [0.05, 0.1) is 18.8 Å². The second kappa shape index (κ2) is 5.56. The number of ether oxygens (including phenoxy) is 2. The molecule has 0 saturated carbocycles. The van der Waals surface area contributed by atoms with Crippen molar-refractivity contribution in [1.29, 1.82) is 0 Å². The molecule has 130 valence electrons. The normalized spacial score (nSPS) is 24.2. The van der Waals surface area contributed by atoms with E-state index in [1.807, 2.05) is 44.2 Å². The van der Waals surface area contributed by atoms with Gasteiger partial charge < -0.3 is 14.8 Å². The van der Waals surface area contributed by atoms with Crippen LogP contribution in [-0.2, 0) is 0 Å². The fourth-order valence-electron chi connectivity index (χ4n) is 3.63. The molecule has 2 amide bonds. The minimum absolute atomic E-state index is 0.117. The van der Waals surface area contributed by atoms with Crippen LogP contribution < -0.4 is 19.7 Å². The lowest BCUT2D eigenvalue weighted by Gasteiger charge is -2.50. The summed E-state index contributed by atoms with van der Waals surface area (Å²) in [6.45, 7) is 3.85. The fourth-order valence-corrected chi connectivity index (χ4v) is 3.81. The Kier molecular flexibility index (Phi) is 3.58. The largest absolute Gasteiger partial charge is 0.493 e. The molecule has 2 aliphatic heterocycles. The molecule has 2 aliphatic rings. The van der Waals surface area contributed by atoms with E-state index in [1.54, 1.807) is 18.1 Å².